The predicted molar refractivity (Wildman–Crippen MR) is 100 cm³/mol. The van der Waals surface area contributed by atoms with Crippen molar-refractivity contribution in [3.05, 3.63) is 70.6 Å². The van der Waals surface area contributed by atoms with Gasteiger partial charge >= 0.3 is 0 Å². The Labute approximate surface area is 159 Å². The van der Waals surface area contributed by atoms with Crippen LogP contribution in [-0.4, -0.2) is 30.9 Å². The number of benzene rings is 2. The van der Waals surface area contributed by atoms with Gasteiger partial charge in [-0.3, -0.25) is 9.69 Å². The molecule has 1 aliphatic heterocycles. The first-order valence-electron chi connectivity index (χ1n) is 7.88. The number of halogens is 2. The number of hydrogen-bond donors (Lipinski definition) is 0. The molecule has 5 nitrogen and oxygen atoms in total. The number of rotatable bonds is 4. The number of likely N-dealkylation sites (N-methyl/N-ethyl adjacent to an activating group) is 1. The van der Waals surface area contributed by atoms with Crippen LogP contribution in [0.2, 0.25) is 0 Å². The molecule has 0 N–H and O–H groups in total. The van der Waals surface area contributed by atoms with Crippen LogP contribution in [-0.2, 0) is 14.8 Å². The number of amides is 1. The summed E-state index contributed by atoms with van der Waals surface area (Å²) in [6.07, 6.45) is 1.36. The normalized spacial score (nSPS) is 17.9. The lowest BCUT2D eigenvalue weighted by Crippen LogP contribution is -2.29. The van der Waals surface area contributed by atoms with E-state index in [1.165, 1.54) is 29.2 Å². The van der Waals surface area contributed by atoms with Crippen molar-refractivity contribution >= 4 is 38.9 Å². The standard InChI is InChI=1S/C18H14F2N2O3S2/c1-2-22-17(23)16(11-12-5-3-4-6-15(12)20)26-18(22)21-27(24,25)14-9-7-13(19)8-10-14/h3-11H,2H2,1H3/b16-11-,21-18-. The van der Waals surface area contributed by atoms with Crippen LogP contribution in [0, 0.1) is 11.6 Å². The number of amidine groups is 1. The van der Waals surface area contributed by atoms with Crippen molar-refractivity contribution in [2.24, 2.45) is 4.40 Å². The van der Waals surface area contributed by atoms with Crippen LogP contribution in [0.1, 0.15) is 12.5 Å². The first-order valence-corrected chi connectivity index (χ1v) is 10.1. The molecule has 0 atom stereocenters. The third kappa shape index (κ3) is 4.09. The lowest BCUT2D eigenvalue weighted by molar-refractivity contribution is -0.122. The molecular weight excluding hydrogens is 394 g/mol. The minimum Gasteiger partial charge on any atom is -0.286 e. The van der Waals surface area contributed by atoms with Crippen molar-refractivity contribution in [3.63, 3.8) is 0 Å². The summed E-state index contributed by atoms with van der Waals surface area (Å²) in [5.74, 6) is -1.53. The lowest BCUT2D eigenvalue weighted by Gasteiger charge is -2.11. The van der Waals surface area contributed by atoms with Gasteiger partial charge in [0.2, 0.25) is 0 Å². The van der Waals surface area contributed by atoms with Crippen LogP contribution < -0.4 is 0 Å². The molecule has 27 heavy (non-hydrogen) atoms. The molecule has 0 aromatic heterocycles. The van der Waals surface area contributed by atoms with Crippen LogP contribution in [0.15, 0.2) is 62.7 Å². The number of carbonyl (C=O) groups excluding carboxylic acids is 1. The van der Waals surface area contributed by atoms with E-state index < -0.39 is 27.6 Å². The molecule has 1 aliphatic rings. The summed E-state index contributed by atoms with van der Waals surface area (Å²) >= 11 is 0.847. The van der Waals surface area contributed by atoms with Crippen molar-refractivity contribution in [2.75, 3.05) is 6.54 Å². The Morgan fingerprint density at radius 3 is 2.41 bits per heavy atom. The molecule has 1 amide bonds. The van der Waals surface area contributed by atoms with E-state index in [1.54, 1.807) is 13.0 Å². The first kappa shape index (κ1) is 19.2. The van der Waals surface area contributed by atoms with E-state index in [0.717, 1.165) is 36.0 Å². The average Bonchev–Trinajstić information content (AvgIpc) is 2.91. The van der Waals surface area contributed by atoms with Gasteiger partial charge < -0.3 is 0 Å². The first-order chi connectivity index (χ1) is 12.8. The molecule has 1 saturated heterocycles. The molecule has 0 radical (unpaired) electrons. The fraction of sp³-hybridized carbons (Fsp3) is 0.111. The van der Waals surface area contributed by atoms with Gasteiger partial charge in [0.25, 0.3) is 15.9 Å². The highest BCUT2D eigenvalue weighted by atomic mass is 32.2. The average molecular weight is 408 g/mol. The molecular formula is C18H14F2N2O3S2. The van der Waals surface area contributed by atoms with Gasteiger partial charge in [0, 0.05) is 12.1 Å². The topological polar surface area (TPSA) is 66.8 Å². The molecule has 2 aromatic rings. The summed E-state index contributed by atoms with van der Waals surface area (Å²) in [4.78, 5) is 13.7. The molecule has 9 heteroatoms. The fourth-order valence-corrected chi connectivity index (χ4v) is 4.59. The van der Waals surface area contributed by atoms with E-state index in [2.05, 4.69) is 4.40 Å². The molecule has 1 fully saturated rings. The smallest absolute Gasteiger partial charge is 0.284 e. The fourth-order valence-electron chi connectivity index (χ4n) is 2.35. The molecule has 3 rings (SSSR count). The summed E-state index contributed by atoms with van der Waals surface area (Å²) in [6.45, 7) is 1.86. The highest BCUT2D eigenvalue weighted by molar-refractivity contribution is 8.19. The summed E-state index contributed by atoms with van der Waals surface area (Å²) < 4.78 is 55.5. The van der Waals surface area contributed by atoms with E-state index >= 15 is 0 Å². The molecule has 0 unspecified atom stereocenters. The zero-order chi connectivity index (χ0) is 19.6. The minimum atomic E-state index is -4.13. The highest BCUT2D eigenvalue weighted by Crippen LogP contribution is 2.33. The molecule has 0 saturated carbocycles. The van der Waals surface area contributed by atoms with Crippen molar-refractivity contribution in [1.82, 2.24) is 4.90 Å². The van der Waals surface area contributed by atoms with E-state index in [1.807, 2.05) is 0 Å². The molecule has 0 spiro atoms. The Morgan fingerprint density at radius 2 is 1.78 bits per heavy atom. The van der Waals surface area contributed by atoms with Gasteiger partial charge in [-0.2, -0.15) is 8.42 Å². The number of sulfonamides is 1. The minimum absolute atomic E-state index is 0.0329. The maximum Gasteiger partial charge on any atom is 0.284 e. The van der Waals surface area contributed by atoms with Crippen molar-refractivity contribution < 1.29 is 22.0 Å². The van der Waals surface area contributed by atoms with E-state index in [9.17, 15) is 22.0 Å². The maximum absolute atomic E-state index is 13.8. The number of carbonyl (C=O) groups is 1. The van der Waals surface area contributed by atoms with Gasteiger partial charge in [0.1, 0.15) is 11.6 Å². The van der Waals surface area contributed by atoms with Crippen LogP contribution in [0.25, 0.3) is 6.08 Å². The van der Waals surface area contributed by atoms with Gasteiger partial charge in [-0.15, -0.1) is 4.40 Å². The summed E-state index contributed by atoms with van der Waals surface area (Å²) in [5, 5.41) is -0.0329. The van der Waals surface area contributed by atoms with Crippen LogP contribution in [0.4, 0.5) is 8.78 Å². The van der Waals surface area contributed by atoms with Crippen LogP contribution >= 0.6 is 11.8 Å². The third-order valence-electron chi connectivity index (χ3n) is 3.71. The van der Waals surface area contributed by atoms with Crippen molar-refractivity contribution in [1.29, 1.82) is 0 Å². The second-order valence-corrected chi connectivity index (χ2v) is 8.10. The van der Waals surface area contributed by atoms with Crippen molar-refractivity contribution in [2.45, 2.75) is 11.8 Å². The Bertz CT molecular complexity index is 1050. The number of hydrogen-bond acceptors (Lipinski definition) is 4. The third-order valence-corrected chi connectivity index (χ3v) is 6.11. The molecule has 0 bridgehead atoms. The van der Waals surface area contributed by atoms with Crippen molar-refractivity contribution in [3.8, 4) is 0 Å². The van der Waals surface area contributed by atoms with Gasteiger partial charge in [0.05, 0.1) is 9.80 Å². The number of thioether (sulfide) groups is 1. The monoisotopic (exact) mass is 408 g/mol. The van der Waals surface area contributed by atoms with E-state index in [-0.39, 0.29) is 27.1 Å². The SMILES string of the molecule is CCN1C(=O)/C(=C/c2ccccc2F)S/C1=N\S(=O)(=O)c1ccc(F)cc1. The summed E-state index contributed by atoms with van der Waals surface area (Å²) in [5.41, 5.74) is 0.215. The van der Waals surface area contributed by atoms with Gasteiger partial charge in [-0.1, -0.05) is 18.2 Å². The Hall–Kier alpha value is -2.52. The van der Waals surface area contributed by atoms with Gasteiger partial charge in [-0.25, -0.2) is 8.78 Å². The Kier molecular flexibility index (Phi) is 5.43. The zero-order valence-corrected chi connectivity index (χ0v) is 15.7. The Morgan fingerprint density at radius 1 is 1.11 bits per heavy atom. The largest absolute Gasteiger partial charge is 0.286 e. The van der Waals surface area contributed by atoms with Crippen LogP contribution in [0.3, 0.4) is 0 Å². The molecule has 140 valence electrons. The van der Waals surface area contributed by atoms with E-state index in [4.69, 9.17) is 0 Å². The zero-order valence-electron chi connectivity index (χ0n) is 14.1. The van der Waals surface area contributed by atoms with Gasteiger partial charge in [0.15, 0.2) is 5.17 Å². The Balaban J connectivity index is 1.98. The number of nitrogens with zero attached hydrogens (tertiary/aromatic N) is 2. The van der Waals surface area contributed by atoms with Gasteiger partial charge in [-0.05, 0) is 55.1 Å². The lowest BCUT2D eigenvalue weighted by atomic mass is 10.2. The summed E-state index contributed by atoms with van der Waals surface area (Å²) in [6, 6.07) is 10.2. The van der Waals surface area contributed by atoms with E-state index in [0.29, 0.717) is 0 Å². The maximum atomic E-state index is 13.8. The summed E-state index contributed by atoms with van der Waals surface area (Å²) in [7, 11) is -4.13. The molecule has 0 aliphatic carbocycles. The second kappa shape index (κ2) is 7.61. The predicted octanol–water partition coefficient (Wildman–Crippen LogP) is 3.65. The molecule has 1 heterocycles. The molecule has 2 aromatic carbocycles. The van der Waals surface area contributed by atoms with Crippen LogP contribution in [0.5, 0.6) is 0 Å². The highest BCUT2D eigenvalue weighted by Gasteiger charge is 2.34. The second-order valence-electron chi connectivity index (χ2n) is 5.48. The quantitative estimate of drug-likeness (QED) is 0.725.